The number of ether oxygens (including phenoxy) is 2. The summed E-state index contributed by atoms with van der Waals surface area (Å²) in [4.78, 5) is 25.3. The van der Waals surface area contributed by atoms with Gasteiger partial charge in [-0.3, -0.25) is 9.59 Å². The lowest BCUT2D eigenvalue weighted by atomic mass is 9.73. The first-order valence-electron chi connectivity index (χ1n) is 9.30. The molecule has 0 amide bonds. The monoisotopic (exact) mass is 326 g/mol. The summed E-state index contributed by atoms with van der Waals surface area (Å²) in [5.41, 5.74) is -1.13. The van der Waals surface area contributed by atoms with Crippen LogP contribution in [0.5, 0.6) is 0 Å². The van der Waals surface area contributed by atoms with Crippen LogP contribution in [0.1, 0.15) is 79.1 Å². The fraction of sp³-hybridized carbons (Fsp3) is 0.895. The highest BCUT2D eigenvalue weighted by atomic mass is 16.6. The van der Waals surface area contributed by atoms with E-state index < -0.39 is 17.4 Å². The van der Waals surface area contributed by atoms with E-state index in [9.17, 15) is 9.59 Å². The lowest BCUT2D eigenvalue weighted by Crippen LogP contribution is -2.43. The van der Waals surface area contributed by atoms with Crippen LogP contribution in [-0.4, -0.2) is 25.2 Å². The molecule has 0 aromatic carbocycles. The Morgan fingerprint density at radius 3 is 1.96 bits per heavy atom. The summed E-state index contributed by atoms with van der Waals surface area (Å²) in [6.07, 6.45) is 8.22. The Morgan fingerprint density at radius 2 is 1.52 bits per heavy atom. The zero-order chi connectivity index (χ0) is 17.3. The highest BCUT2D eigenvalue weighted by molar-refractivity contribution is 6.00. The van der Waals surface area contributed by atoms with E-state index in [-0.39, 0.29) is 5.92 Å². The van der Waals surface area contributed by atoms with Gasteiger partial charge in [-0.2, -0.15) is 0 Å². The Labute approximate surface area is 141 Å². The fourth-order valence-corrected chi connectivity index (χ4v) is 3.72. The van der Waals surface area contributed by atoms with E-state index in [4.69, 9.17) is 9.47 Å². The molecule has 0 radical (unpaired) electrons. The molecule has 1 aliphatic rings. The Bertz CT molecular complexity index is 352. The highest BCUT2D eigenvalue weighted by Gasteiger charge is 2.49. The highest BCUT2D eigenvalue weighted by Crippen LogP contribution is 2.39. The smallest absolute Gasteiger partial charge is 0.323 e. The summed E-state index contributed by atoms with van der Waals surface area (Å²) >= 11 is 0. The number of rotatable bonds is 9. The van der Waals surface area contributed by atoms with Crippen LogP contribution >= 0.6 is 0 Å². The third-order valence-electron chi connectivity index (χ3n) is 4.79. The molecule has 1 aliphatic carbocycles. The first kappa shape index (κ1) is 20.0. The van der Waals surface area contributed by atoms with Crippen LogP contribution in [0.25, 0.3) is 0 Å². The number of hydrogen-bond acceptors (Lipinski definition) is 4. The molecule has 0 atom stereocenters. The number of hydrogen-bond donors (Lipinski definition) is 0. The third-order valence-corrected chi connectivity index (χ3v) is 4.79. The van der Waals surface area contributed by atoms with E-state index in [0.717, 1.165) is 6.42 Å². The summed E-state index contributed by atoms with van der Waals surface area (Å²) in [5.74, 6) is 0.0558. The van der Waals surface area contributed by atoms with Gasteiger partial charge in [-0.15, -0.1) is 0 Å². The largest absolute Gasteiger partial charge is 0.465 e. The molecule has 0 unspecified atom stereocenters. The van der Waals surface area contributed by atoms with Crippen molar-refractivity contribution in [2.24, 2.45) is 17.3 Å². The van der Waals surface area contributed by atoms with Crippen LogP contribution in [0, 0.1) is 17.3 Å². The summed E-state index contributed by atoms with van der Waals surface area (Å²) in [6, 6.07) is 0. The summed E-state index contributed by atoms with van der Waals surface area (Å²) < 4.78 is 10.6. The summed E-state index contributed by atoms with van der Waals surface area (Å²) in [6.45, 7) is 8.22. The van der Waals surface area contributed by atoms with Crippen molar-refractivity contribution in [1.82, 2.24) is 0 Å². The molecule has 134 valence electrons. The van der Waals surface area contributed by atoms with Crippen molar-refractivity contribution >= 4 is 11.9 Å². The molecule has 0 heterocycles. The molecular formula is C19H34O4. The predicted molar refractivity (Wildman–Crippen MR) is 91.0 cm³/mol. The summed E-state index contributed by atoms with van der Waals surface area (Å²) in [7, 11) is 0. The summed E-state index contributed by atoms with van der Waals surface area (Å²) in [5, 5.41) is 0. The first-order chi connectivity index (χ1) is 11.0. The average molecular weight is 326 g/mol. The van der Waals surface area contributed by atoms with Gasteiger partial charge in [0, 0.05) is 0 Å². The van der Waals surface area contributed by atoms with Crippen molar-refractivity contribution in [3.05, 3.63) is 0 Å². The van der Waals surface area contributed by atoms with Gasteiger partial charge >= 0.3 is 11.9 Å². The first-order valence-corrected chi connectivity index (χ1v) is 9.30. The Balaban J connectivity index is 2.93. The molecule has 0 spiro atoms. The van der Waals surface area contributed by atoms with E-state index in [0.29, 0.717) is 32.0 Å². The van der Waals surface area contributed by atoms with Gasteiger partial charge in [0.1, 0.15) is 0 Å². The maximum atomic E-state index is 12.7. The van der Waals surface area contributed by atoms with Crippen molar-refractivity contribution in [2.45, 2.75) is 79.1 Å². The fourth-order valence-electron chi connectivity index (χ4n) is 3.72. The molecule has 0 aromatic rings. The van der Waals surface area contributed by atoms with E-state index in [1.165, 1.54) is 32.1 Å². The molecule has 23 heavy (non-hydrogen) atoms. The lowest BCUT2D eigenvalue weighted by Gasteiger charge is -2.32. The minimum atomic E-state index is -1.13. The second kappa shape index (κ2) is 9.94. The van der Waals surface area contributed by atoms with E-state index in [2.05, 4.69) is 0 Å². The van der Waals surface area contributed by atoms with Gasteiger partial charge in [-0.05, 0) is 44.9 Å². The SMILES string of the molecule is CCOC(=O)C(CCC1CCCCC1)(CC(C)C)C(=O)OCC. The second-order valence-electron chi connectivity index (χ2n) is 7.16. The van der Waals surface area contributed by atoms with E-state index in [1.807, 2.05) is 13.8 Å². The van der Waals surface area contributed by atoms with Crippen LogP contribution in [0.3, 0.4) is 0 Å². The van der Waals surface area contributed by atoms with Gasteiger partial charge < -0.3 is 9.47 Å². The van der Waals surface area contributed by atoms with Crippen molar-refractivity contribution in [1.29, 1.82) is 0 Å². The third kappa shape index (κ3) is 5.82. The Hall–Kier alpha value is -1.06. The predicted octanol–water partition coefficient (Wildman–Crippen LogP) is 4.51. The second-order valence-corrected chi connectivity index (χ2v) is 7.16. The van der Waals surface area contributed by atoms with Gasteiger partial charge in [0.25, 0.3) is 0 Å². The van der Waals surface area contributed by atoms with Gasteiger partial charge in [-0.1, -0.05) is 46.0 Å². The molecule has 1 fully saturated rings. The van der Waals surface area contributed by atoms with Gasteiger partial charge in [0.05, 0.1) is 13.2 Å². The molecule has 4 nitrogen and oxygen atoms in total. The topological polar surface area (TPSA) is 52.6 Å². The number of carbonyl (C=O) groups is 2. The maximum absolute atomic E-state index is 12.7. The molecule has 0 bridgehead atoms. The van der Waals surface area contributed by atoms with Crippen LogP contribution in [-0.2, 0) is 19.1 Å². The molecule has 1 rings (SSSR count). The van der Waals surface area contributed by atoms with Crippen LogP contribution < -0.4 is 0 Å². The van der Waals surface area contributed by atoms with Crippen LogP contribution in [0.2, 0.25) is 0 Å². The number of carbonyl (C=O) groups excluding carboxylic acids is 2. The minimum Gasteiger partial charge on any atom is -0.465 e. The Kier molecular flexibility index (Phi) is 8.64. The van der Waals surface area contributed by atoms with Gasteiger partial charge in [0.2, 0.25) is 0 Å². The quantitative estimate of drug-likeness (QED) is 0.462. The molecule has 0 aliphatic heterocycles. The standard InChI is InChI=1S/C19H34O4/c1-5-22-17(20)19(14-15(3)4,18(21)23-6-2)13-12-16-10-8-7-9-11-16/h15-16H,5-14H2,1-4H3. The minimum absolute atomic E-state index is 0.232. The van der Waals surface area contributed by atoms with Crippen molar-refractivity contribution < 1.29 is 19.1 Å². The normalized spacial score (nSPS) is 16.4. The molecule has 1 saturated carbocycles. The van der Waals surface area contributed by atoms with Crippen molar-refractivity contribution in [2.75, 3.05) is 13.2 Å². The molecule has 0 aromatic heterocycles. The van der Waals surface area contributed by atoms with E-state index in [1.54, 1.807) is 13.8 Å². The van der Waals surface area contributed by atoms with Crippen molar-refractivity contribution in [3.63, 3.8) is 0 Å². The zero-order valence-electron chi connectivity index (χ0n) is 15.4. The lowest BCUT2D eigenvalue weighted by molar-refractivity contribution is -0.174. The van der Waals surface area contributed by atoms with Gasteiger partial charge in [0.15, 0.2) is 5.41 Å². The average Bonchev–Trinajstić information content (AvgIpc) is 2.52. The zero-order valence-corrected chi connectivity index (χ0v) is 15.4. The molecular weight excluding hydrogens is 292 g/mol. The van der Waals surface area contributed by atoms with Crippen LogP contribution in [0.15, 0.2) is 0 Å². The number of esters is 2. The van der Waals surface area contributed by atoms with Gasteiger partial charge in [-0.25, -0.2) is 0 Å². The molecule has 0 N–H and O–H groups in total. The maximum Gasteiger partial charge on any atom is 0.323 e. The van der Waals surface area contributed by atoms with Crippen molar-refractivity contribution in [3.8, 4) is 0 Å². The molecule has 0 saturated heterocycles. The van der Waals surface area contributed by atoms with E-state index >= 15 is 0 Å². The van der Waals surface area contributed by atoms with Crippen LogP contribution in [0.4, 0.5) is 0 Å². The molecule has 4 heteroatoms. The Morgan fingerprint density at radius 1 is 1.00 bits per heavy atom.